The normalized spacial score (nSPS) is 26.6. The quantitative estimate of drug-likeness (QED) is 0.924. The summed E-state index contributed by atoms with van der Waals surface area (Å²) in [6.07, 6.45) is 6.98. The summed E-state index contributed by atoms with van der Waals surface area (Å²) >= 11 is 0. The molecule has 0 saturated carbocycles. The van der Waals surface area contributed by atoms with Crippen LogP contribution in [0.25, 0.3) is 0 Å². The largest absolute Gasteiger partial charge is 0.316 e. The van der Waals surface area contributed by atoms with Crippen molar-refractivity contribution in [3.63, 3.8) is 0 Å². The van der Waals surface area contributed by atoms with Crippen molar-refractivity contribution in [2.24, 2.45) is 11.3 Å². The summed E-state index contributed by atoms with van der Waals surface area (Å²) in [4.78, 5) is 2.60. The molecule has 0 bridgehead atoms. The number of hydrogen-bond donors (Lipinski definition) is 1. The van der Waals surface area contributed by atoms with Crippen LogP contribution in [0.5, 0.6) is 0 Å². The fourth-order valence-corrected chi connectivity index (χ4v) is 3.53. The standard InChI is InChI=1S/C15H26N4.ClH/c1-13(2)8-19-10-14(7-17-19)9-18-6-4-15(12-18)3-5-16-11-15;/h7,10,13,16H,3-6,8-9,11-12H2,1-2H3;1H. The molecule has 20 heavy (non-hydrogen) atoms. The van der Waals surface area contributed by atoms with Crippen molar-refractivity contribution < 1.29 is 0 Å². The lowest BCUT2D eigenvalue weighted by Crippen LogP contribution is -2.28. The third-order valence-electron chi connectivity index (χ3n) is 4.49. The Kier molecular flexibility index (Phi) is 5.10. The molecule has 1 unspecified atom stereocenters. The molecule has 2 saturated heterocycles. The Morgan fingerprint density at radius 1 is 1.40 bits per heavy atom. The molecule has 2 aliphatic rings. The molecule has 0 aromatic carbocycles. The molecule has 114 valence electrons. The van der Waals surface area contributed by atoms with E-state index in [1.54, 1.807) is 0 Å². The summed E-state index contributed by atoms with van der Waals surface area (Å²) in [5, 5.41) is 7.99. The first-order valence-corrected chi connectivity index (χ1v) is 7.60. The molecule has 3 heterocycles. The number of nitrogens with zero attached hydrogens (tertiary/aromatic N) is 3. The van der Waals surface area contributed by atoms with Crippen molar-refractivity contribution in [3.05, 3.63) is 18.0 Å². The summed E-state index contributed by atoms with van der Waals surface area (Å²) < 4.78 is 2.09. The Morgan fingerprint density at radius 2 is 2.25 bits per heavy atom. The minimum absolute atomic E-state index is 0. The lowest BCUT2D eigenvalue weighted by Gasteiger charge is -2.22. The lowest BCUT2D eigenvalue weighted by atomic mass is 9.87. The van der Waals surface area contributed by atoms with Crippen molar-refractivity contribution in [2.45, 2.75) is 39.8 Å². The van der Waals surface area contributed by atoms with Crippen LogP contribution in [0.1, 0.15) is 32.3 Å². The molecule has 0 amide bonds. The highest BCUT2D eigenvalue weighted by molar-refractivity contribution is 5.85. The van der Waals surface area contributed by atoms with E-state index < -0.39 is 0 Å². The monoisotopic (exact) mass is 298 g/mol. The van der Waals surface area contributed by atoms with E-state index in [0.717, 1.165) is 13.1 Å². The van der Waals surface area contributed by atoms with Gasteiger partial charge in [0.15, 0.2) is 0 Å². The molecule has 4 nitrogen and oxygen atoms in total. The summed E-state index contributed by atoms with van der Waals surface area (Å²) in [5.74, 6) is 0.660. The molecule has 2 aliphatic heterocycles. The zero-order valence-electron chi connectivity index (χ0n) is 12.6. The van der Waals surface area contributed by atoms with Gasteiger partial charge in [0.1, 0.15) is 0 Å². The van der Waals surface area contributed by atoms with Gasteiger partial charge in [-0.15, -0.1) is 12.4 Å². The summed E-state index contributed by atoms with van der Waals surface area (Å²) in [6, 6.07) is 0. The van der Waals surface area contributed by atoms with E-state index in [1.165, 1.54) is 44.6 Å². The summed E-state index contributed by atoms with van der Waals surface area (Å²) in [6.45, 7) is 11.5. The second-order valence-electron chi connectivity index (χ2n) is 6.85. The van der Waals surface area contributed by atoms with E-state index in [9.17, 15) is 0 Å². The van der Waals surface area contributed by atoms with Gasteiger partial charge in [-0.05, 0) is 37.3 Å². The number of hydrogen-bond acceptors (Lipinski definition) is 3. The van der Waals surface area contributed by atoms with E-state index in [0.29, 0.717) is 11.3 Å². The van der Waals surface area contributed by atoms with Gasteiger partial charge in [-0.25, -0.2) is 0 Å². The molecule has 1 spiro atoms. The predicted molar refractivity (Wildman–Crippen MR) is 84.1 cm³/mol. The first-order valence-electron chi connectivity index (χ1n) is 7.60. The Bertz CT molecular complexity index is 423. The van der Waals surface area contributed by atoms with Crippen LogP contribution in [0, 0.1) is 11.3 Å². The number of halogens is 1. The number of likely N-dealkylation sites (tertiary alicyclic amines) is 1. The van der Waals surface area contributed by atoms with Crippen molar-refractivity contribution >= 4 is 12.4 Å². The van der Waals surface area contributed by atoms with Crippen molar-refractivity contribution in [1.29, 1.82) is 0 Å². The Morgan fingerprint density at radius 3 is 2.95 bits per heavy atom. The Balaban J connectivity index is 0.00000147. The van der Waals surface area contributed by atoms with E-state index in [-0.39, 0.29) is 12.4 Å². The van der Waals surface area contributed by atoms with Gasteiger partial charge in [0.2, 0.25) is 0 Å². The summed E-state index contributed by atoms with van der Waals surface area (Å²) in [7, 11) is 0. The van der Waals surface area contributed by atoms with Gasteiger partial charge in [-0.3, -0.25) is 9.58 Å². The molecule has 0 aliphatic carbocycles. The van der Waals surface area contributed by atoms with Crippen molar-refractivity contribution in [1.82, 2.24) is 20.0 Å². The maximum Gasteiger partial charge on any atom is 0.0534 e. The molecule has 1 N–H and O–H groups in total. The number of nitrogens with one attached hydrogen (secondary N) is 1. The second-order valence-corrected chi connectivity index (χ2v) is 6.85. The van der Waals surface area contributed by atoms with Crippen LogP contribution in [0.3, 0.4) is 0 Å². The zero-order valence-corrected chi connectivity index (χ0v) is 13.5. The highest BCUT2D eigenvalue weighted by Crippen LogP contribution is 2.36. The summed E-state index contributed by atoms with van der Waals surface area (Å²) in [5.41, 5.74) is 1.94. The molecule has 0 radical (unpaired) electrons. The van der Waals surface area contributed by atoms with Gasteiger partial charge in [0.05, 0.1) is 6.20 Å². The van der Waals surface area contributed by atoms with Crippen LogP contribution < -0.4 is 5.32 Å². The molecule has 1 aromatic rings. The molecular formula is C15H27ClN4. The van der Waals surface area contributed by atoms with Gasteiger partial charge >= 0.3 is 0 Å². The topological polar surface area (TPSA) is 33.1 Å². The fourth-order valence-electron chi connectivity index (χ4n) is 3.53. The van der Waals surface area contributed by atoms with Crippen LogP contribution in [0.4, 0.5) is 0 Å². The SMILES string of the molecule is CC(C)Cn1cc(CN2CCC3(CCNC3)C2)cn1.Cl. The molecular weight excluding hydrogens is 272 g/mol. The average molecular weight is 299 g/mol. The van der Waals surface area contributed by atoms with Crippen LogP contribution in [-0.4, -0.2) is 40.9 Å². The first-order chi connectivity index (χ1) is 9.15. The predicted octanol–water partition coefficient (Wildman–Crippen LogP) is 2.15. The number of rotatable bonds is 4. The van der Waals surface area contributed by atoms with Crippen LogP contribution in [0.15, 0.2) is 12.4 Å². The van der Waals surface area contributed by atoms with Gasteiger partial charge in [0, 0.05) is 37.9 Å². The zero-order chi connectivity index (χ0) is 13.3. The molecule has 1 aromatic heterocycles. The maximum absolute atomic E-state index is 4.47. The average Bonchev–Trinajstić information content (AvgIpc) is 3.04. The molecule has 3 rings (SSSR count). The number of aromatic nitrogens is 2. The van der Waals surface area contributed by atoms with Crippen LogP contribution >= 0.6 is 12.4 Å². The maximum atomic E-state index is 4.47. The van der Waals surface area contributed by atoms with Crippen LogP contribution in [0.2, 0.25) is 0 Å². The van der Waals surface area contributed by atoms with Gasteiger partial charge in [-0.1, -0.05) is 13.8 Å². The van der Waals surface area contributed by atoms with Gasteiger partial charge in [-0.2, -0.15) is 5.10 Å². The second kappa shape index (κ2) is 6.46. The molecule has 5 heteroatoms. The van der Waals surface area contributed by atoms with Gasteiger partial charge < -0.3 is 5.32 Å². The highest BCUT2D eigenvalue weighted by atomic mass is 35.5. The minimum atomic E-state index is 0. The van der Waals surface area contributed by atoms with Crippen molar-refractivity contribution in [3.8, 4) is 0 Å². The Hall–Kier alpha value is -0.580. The van der Waals surface area contributed by atoms with Gasteiger partial charge in [0.25, 0.3) is 0 Å². The van der Waals surface area contributed by atoms with E-state index in [2.05, 4.69) is 40.0 Å². The first kappa shape index (κ1) is 15.8. The molecule has 2 fully saturated rings. The molecule has 1 atom stereocenters. The third kappa shape index (κ3) is 3.54. The third-order valence-corrected chi connectivity index (χ3v) is 4.49. The fraction of sp³-hybridized carbons (Fsp3) is 0.800. The Labute approximate surface area is 128 Å². The van der Waals surface area contributed by atoms with E-state index >= 15 is 0 Å². The lowest BCUT2D eigenvalue weighted by molar-refractivity contribution is 0.268. The minimum Gasteiger partial charge on any atom is -0.316 e. The van der Waals surface area contributed by atoms with Crippen molar-refractivity contribution in [2.75, 3.05) is 26.2 Å². The highest BCUT2D eigenvalue weighted by Gasteiger charge is 2.40. The smallest absolute Gasteiger partial charge is 0.0534 e. The van der Waals surface area contributed by atoms with E-state index in [1.807, 2.05) is 6.20 Å². The van der Waals surface area contributed by atoms with E-state index in [4.69, 9.17) is 0 Å². The van der Waals surface area contributed by atoms with Crippen LogP contribution in [-0.2, 0) is 13.1 Å².